The molecule has 1 atom stereocenters. The van der Waals surface area contributed by atoms with Crippen molar-refractivity contribution < 1.29 is 13.9 Å². The zero-order chi connectivity index (χ0) is 20.5. The first-order valence-corrected chi connectivity index (χ1v) is 10.4. The molecule has 0 saturated carbocycles. The first kappa shape index (κ1) is 18.8. The SMILES string of the molecule is O=C(COc1ncnc2sccc12)N1N=C(c2ccc(Cl)cc2)C[C@H]1c1ccco1. The fourth-order valence-corrected chi connectivity index (χ4v) is 4.19. The number of nitrogens with zero attached hydrogens (tertiary/aromatic N) is 4. The number of ether oxygens (including phenoxy) is 1. The first-order chi connectivity index (χ1) is 14.7. The van der Waals surface area contributed by atoms with Crippen LogP contribution in [-0.2, 0) is 4.79 Å². The number of carbonyl (C=O) groups is 1. The van der Waals surface area contributed by atoms with Crippen LogP contribution < -0.4 is 4.74 Å². The van der Waals surface area contributed by atoms with Crippen LogP contribution in [0.3, 0.4) is 0 Å². The molecule has 4 heterocycles. The third kappa shape index (κ3) is 3.55. The molecule has 5 rings (SSSR count). The second kappa shape index (κ2) is 7.89. The summed E-state index contributed by atoms with van der Waals surface area (Å²) in [5, 5.41) is 9.34. The summed E-state index contributed by atoms with van der Waals surface area (Å²) in [6.07, 6.45) is 3.54. The van der Waals surface area contributed by atoms with Crippen molar-refractivity contribution in [2.75, 3.05) is 6.61 Å². The summed E-state index contributed by atoms with van der Waals surface area (Å²) in [6, 6.07) is 12.5. The van der Waals surface area contributed by atoms with E-state index in [1.165, 1.54) is 22.7 Å². The van der Waals surface area contributed by atoms with Crippen molar-refractivity contribution in [2.45, 2.75) is 12.5 Å². The van der Waals surface area contributed by atoms with Gasteiger partial charge in [-0.05, 0) is 41.3 Å². The Labute approximate surface area is 180 Å². The average Bonchev–Trinajstić information content (AvgIpc) is 3.52. The van der Waals surface area contributed by atoms with Crippen LogP contribution in [0.15, 0.2) is 70.0 Å². The minimum absolute atomic E-state index is 0.198. The fourth-order valence-electron chi connectivity index (χ4n) is 3.34. The number of rotatable bonds is 5. The van der Waals surface area contributed by atoms with Crippen LogP contribution in [0.25, 0.3) is 10.2 Å². The van der Waals surface area contributed by atoms with Crippen molar-refractivity contribution in [3.63, 3.8) is 0 Å². The third-order valence-electron chi connectivity index (χ3n) is 4.77. The topological polar surface area (TPSA) is 80.8 Å². The predicted octanol–water partition coefficient (Wildman–Crippen LogP) is 4.69. The van der Waals surface area contributed by atoms with Crippen molar-refractivity contribution >= 4 is 44.8 Å². The molecule has 1 aliphatic rings. The van der Waals surface area contributed by atoms with Crippen molar-refractivity contribution in [2.24, 2.45) is 5.10 Å². The number of hydrazone groups is 1. The Balaban J connectivity index is 1.39. The second-order valence-electron chi connectivity index (χ2n) is 6.63. The Bertz CT molecular complexity index is 1220. The molecule has 0 spiro atoms. The van der Waals surface area contributed by atoms with E-state index in [2.05, 4.69) is 15.1 Å². The van der Waals surface area contributed by atoms with Crippen molar-refractivity contribution in [1.29, 1.82) is 0 Å². The van der Waals surface area contributed by atoms with Gasteiger partial charge in [0, 0.05) is 11.4 Å². The van der Waals surface area contributed by atoms with Crippen LogP contribution in [0.4, 0.5) is 0 Å². The van der Waals surface area contributed by atoms with Gasteiger partial charge in [0.05, 0.1) is 17.4 Å². The minimum Gasteiger partial charge on any atom is -0.467 e. The lowest BCUT2D eigenvalue weighted by Gasteiger charge is -2.19. The van der Waals surface area contributed by atoms with Crippen LogP contribution in [0.1, 0.15) is 23.8 Å². The number of fused-ring (bicyclic) bond motifs is 1. The number of hydrogen-bond donors (Lipinski definition) is 0. The largest absolute Gasteiger partial charge is 0.467 e. The molecule has 4 aromatic rings. The Kier molecular flexibility index (Phi) is 4.94. The summed E-state index contributed by atoms with van der Waals surface area (Å²) in [7, 11) is 0. The predicted molar refractivity (Wildman–Crippen MR) is 114 cm³/mol. The van der Waals surface area contributed by atoms with Gasteiger partial charge >= 0.3 is 0 Å². The Hall–Kier alpha value is -3.23. The summed E-state index contributed by atoms with van der Waals surface area (Å²) >= 11 is 7.48. The molecule has 0 fully saturated rings. The molecule has 0 N–H and O–H groups in total. The Morgan fingerprint density at radius 3 is 2.90 bits per heavy atom. The molecule has 9 heteroatoms. The molecule has 7 nitrogen and oxygen atoms in total. The van der Waals surface area contributed by atoms with E-state index in [4.69, 9.17) is 20.8 Å². The number of furan rings is 1. The molecule has 0 saturated heterocycles. The van der Waals surface area contributed by atoms with E-state index in [0.29, 0.717) is 23.1 Å². The van der Waals surface area contributed by atoms with E-state index in [-0.39, 0.29) is 18.6 Å². The highest BCUT2D eigenvalue weighted by Gasteiger charge is 2.35. The minimum atomic E-state index is -0.339. The molecule has 150 valence electrons. The molecule has 1 aliphatic heterocycles. The summed E-state index contributed by atoms with van der Waals surface area (Å²) in [5.74, 6) is 0.755. The van der Waals surface area contributed by atoms with Crippen LogP contribution in [-0.4, -0.2) is 33.2 Å². The molecular formula is C21H15ClN4O3S. The van der Waals surface area contributed by atoms with Gasteiger partial charge in [0.25, 0.3) is 5.91 Å². The van der Waals surface area contributed by atoms with Gasteiger partial charge < -0.3 is 9.15 Å². The van der Waals surface area contributed by atoms with Gasteiger partial charge in [-0.3, -0.25) is 4.79 Å². The maximum Gasteiger partial charge on any atom is 0.281 e. The number of carbonyl (C=O) groups excluding carboxylic acids is 1. The lowest BCUT2D eigenvalue weighted by molar-refractivity contribution is -0.135. The van der Waals surface area contributed by atoms with Gasteiger partial charge in [-0.2, -0.15) is 5.10 Å². The molecule has 30 heavy (non-hydrogen) atoms. The molecule has 0 aliphatic carbocycles. The standard InChI is InChI=1S/C21H15ClN4O3S/c22-14-5-3-13(4-6-14)16-10-17(18-2-1-8-28-18)26(25-16)19(27)11-29-20-15-7-9-30-21(15)24-12-23-20/h1-9,12,17H,10-11H2/t17-/m0/s1. The van der Waals surface area contributed by atoms with E-state index >= 15 is 0 Å². The molecule has 0 radical (unpaired) electrons. The number of aromatic nitrogens is 2. The number of amides is 1. The van der Waals surface area contributed by atoms with Gasteiger partial charge in [-0.15, -0.1) is 11.3 Å². The van der Waals surface area contributed by atoms with Crippen LogP contribution in [0.2, 0.25) is 5.02 Å². The Morgan fingerprint density at radius 1 is 1.23 bits per heavy atom. The maximum absolute atomic E-state index is 13.0. The van der Waals surface area contributed by atoms with E-state index in [9.17, 15) is 4.79 Å². The molecule has 0 bridgehead atoms. The van der Waals surface area contributed by atoms with Gasteiger partial charge in [-0.25, -0.2) is 15.0 Å². The highest BCUT2D eigenvalue weighted by atomic mass is 35.5. The number of hydrogen-bond acceptors (Lipinski definition) is 7. The highest BCUT2D eigenvalue weighted by molar-refractivity contribution is 7.16. The molecule has 0 unspecified atom stereocenters. The van der Waals surface area contributed by atoms with E-state index in [0.717, 1.165) is 21.5 Å². The normalized spacial score (nSPS) is 16.1. The van der Waals surface area contributed by atoms with Crippen LogP contribution in [0.5, 0.6) is 5.88 Å². The highest BCUT2D eigenvalue weighted by Crippen LogP contribution is 2.33. The van der Waals surface area contributed by atoms with E-state index in [1.54, 1.807) is 24.5 Å². The van der Waals surface area contributed by atoms with Crippen molar-refractivity contribution in [1.82, 2.24) is 15.0 Å². The summed E-state index contributed by atoms with van der Waals surface area (Å²) in [5.41, 5.74) is 1.69. The average molecular weight is 439 g/mol. The second-order valence-corrected chi connectivity index (χ2v) is 7.97. The Morgan fingerprint density at radius 2 is 2.10 bits per heavy atom. The quantitative estimate of drug-likeness (QED) is 0.451. The molecule has 1 aromatic carbocycles. The zero-order valence-corrected chi connectivity index (χ0v) is 17.1. The molecular weight excluding hydrogens is 424 g/mol. The number of benzene rings is 1. The molecule has 3 aromatic heterocycles. The lowest BCUT2D eigenvalue weighted by atomic mass is 10.0. The van der Waals surface area contributed by atoms with Crippen LogP contribution in [0, 0.1) is 0 Å². The first-order valence-electron chi connectivity index (χ1n) is 9.19. The summed E-state index contributed by atoms with van der Waals surface area (Å²) in [4.78, 5) is 22.2. The number of halogens is 1. The van der Waals surface area contributed by atoms with Crippen LogP contribution >= 0.6 is 22.9 Å². The van der Waals surface area contributed by atoms with Gasteiger partial charge in [-0.1, -0.05) is 23.7 Å². The van der Waals surface area contributed by atoms with Gasteiger partial charge in [0.2, 0.25) is 5.88 Å². The smallest absolute Gasteiger partial charge is 0.281 e. The summed E-state index contributed by atoms with van der Waals surface area (Å²) < 4.78 is 11.3. The number of thiophene rings is 1. The van der Waals surface area contributed by atoms with E-state index in [1.807, 2.05) is 29.6 Å². The van der Waals surface area contributed by atoms with Crippen molar-refractivity contribution in [3.05, 3.63) is 76.8 Å². The summed E-state index contributed by atoms with van der Waals surface area (Å²) in [6.45, 7) is -0.198. The fraction of sp³-hybridized carbons (Fsp3) is 0.143. The van der Waals surface area contributed by atoms with Gasteiger partial charge in [0.1, 0.15) is 23.0 Å². The maximum atomic E-state index is 13.0. The van der Waals surface area contributed by atoms with E-state index < -0.39 is 0 Å². The lowest BCUT2D eigenvalue weighted by Crippen LogP contribution is -2.31. The van der Waals surface area contributed by atoms with Crippen molar-refractivity contribution in [3.8, 4) is 5.88 Å². The monoisotopic (exact) mass is 438 g/mol. The third-order valence-corrected chi connectivity index (χ3v) is 5.85. The molecule has 1 amide bonds. The van der Waals surface area contributed by atoms with Gasteiger partial charge in [0.15, 0.2) is 6.61 Å². The zero-order valence-electron chi connectivity index (χ0n) is 15.6.